The average Bonchev–Trinajstić information content (AvgIpc) is 2.82. The monoisotopic (exact) mass is 302 g/mol. The van der Waals surface area contributed by atoms with E-state index >= 15 is 0 Å². The minimum absolute atomic E-state index is 0.164. The summed E-state index contributed by atoms with van der Waals surface area (Å²) < 4.78 is 31.9. The van der Waals surface area contributed by atoms with Crippen molar-refractivity contribution >= 4 is 11.0 Å². The second kappa shape index (κ2) is 5.75. The van der Waals surface area contributed by atoms with Crippen LogP contribution >= 0.6 is 0 Å². The van der Waals surface area contributed by atoms with Crippen molar-refractivity contribution in [3.63, 3.8) is 0 Å². The van der Waals surface area contributed by atoms with Gasteiger partial charge >= 0.3 is 6.61 Å². The van der Waals surface area contributed by atoms with Crippen molar-refractivity contribution in [2.24, 2.45) is 0 Å². The quantitative estimate of drug-likeness (QED) is 0.706. The Balaban J connectivity index is 2.10. The van der Waals surface area contributed by atoms with Crippen molar-refractivity contribution in [3.8, 4) is 5.75 Å². The lowest BCUT2D eigenvalue weighted by Crippen LogP contribution is -2.12. The smallest absolute Gasteiger partial charge is 0.387 e. The first-order chi connectivity index (χ1) is 10.6. The molecule has 0 amide bonds. The summed E-state index contributed by atoms with van der Waals surface area (Å²) >= 11 is 0. The predicted molar refractivity (Wildman–Crippen MR) is 81.4 cm³/mol. The maximum atomic E-state index is 12.6. The Bertz CT molecular complexity index is 798. The summed E-state index contributed by atoms with van der Waals surface area (Å²) in [4.78, 5) is 4.52. The molecule has 1 heterocycles. The molecule has 0 fully saturated rings. The number of halogens is 2. The second-order valence-electron chi connectivity index (χ2n) is 5.11. The third-order valence-electron chi connectivity index (χ3n) is 3.74. The number of ether oxygens (including phenoxy) is 1. The van der Waals surface area contributed by atoms with E-state index in [9.17, 15) is 8.78 Å². The fraction of sp³-hybridized carbons (Fsp3) is 0.235. The van der Waals surface area contributed by atoms with Gasteiger partial charge in [-0.1, -0.05) is 30.3 Å². The van der Waals surface area contributed by atoms with Crippen molar-refractivity contribution in [1.82, 2.24) is 9.55 Å². The van der Waals surface area contributed by atoms with Gasteiger partial charge in [0.15, 0.2) is 0 Å². The minimum atomic E-state index is -2.84. The van der Waals surface area contributed by atoms with E-state index in [1.807, 2.05) is 48.7 Å². The number of nitrogens with zero attached hydrogens (tertiary/aromatic N) is 2. The van der Waals surface area contributed by atoms with Crippen LogP contribution < -0.4 is 4.74 Å². The molecule has 0 aliphatic rings. The molecule has 114 valence electrons. The lowest BCUT2D eigenvalue weighted by Gasteiger charge is -2.20. The molecule has 0 unspecified atom stereocenters. The summed E-state index contributed by atoms with van der Waals surface area (Å²) in [7, 11) is 0. The minimum Gasteiger partial charge on any atom is -0.434 e. The Morgan fingerprint density at radius 3 is 2.50 bits per heavy atom. The number of para-hydroxylation sites is 3. The number of aromatic nitrogens is 2. The van der Waals surface area contributed by atoms with Crippen LogP contribution in [0.15, 0.2) is 48.5 Å². The van der Waals surface area contributed by atoms with Gasteiger partial charge in [-0.3, -0.25) is 0 Å². The summed E-state index contributed by atoms with van der Waals surface area (Å²) in [5, 5.41) is 0. The predicted octanol–water partition coefficient (Wildman–Crippen LogP) is 4.56. The van der Waals surface area contributed by atoms with Crippen molar-refractivity contribution in [2.75, 3.05) is 0 Å². The summed E-state index contributed by atoms with van der Waals surface area (Å²) in [5.74, 6) is 1.03. The zero-order valence-corrected chi connectivity index (χ0v) is 12.3. The van der Waals surface area contributed by atoms with E-state index in [4.69, 9.17) is 0 Å². The number of rotatable bonds is 4. The number of hydrogen-bond donors (Lipinski definition) is 0. The fourth-order valence-electron chi connectivity index (χ4n) is 2.82. The van der Waals surface area contributed by atoms with Gasteiger partial charge in [-0.2, -0.15) is 8.78 Å². The van der Waals surface area contributed by atoms with E-state index in [0.29, 0.717) is 5.56 Å². The zero-order chi connectivity index (χ0) is 15.7. The first-order valence-electron chi connectivity index (χ1n) is 7.05. The first kappa shape index (κ1) is 14.5. The molecule has 3 nitrogen and oxygen atoms in total. The fourth-order valence-corrected chi connectivity index (χ4v) is 2.82. The molecule has 3 aromatic rings. The molecule has 0 bridgehead atoms. The molecule has 1 aromatic heterocycles. The Hall–Kier alpha value is -2.43. The first-order valence-corrected chi connectivity index (χ1v) is 7.05. The van der Waals surface area contributed by atoms with Crippen LogP contribution in [0.3, 0.4) is 0 Å². The summed E-state index contributed by atoms with van der Waals surface area (Å²) in [6.07, 6.45) is 0. The van der Waals surface area contributed by atoms with Crippen LogP contribution in [-0.4, -0.2) is 16.2 Å². The van der Waals surface area contributed by atoms with Gasteiger partial charge in [-0.25, -0.2) is 4.98 Å². The molecule has 0 aliphatic heterocycles. The van der Waals surface area contributed by atoms with Gasteiger partial charge in [0.25, 0.3) is 0 Å². The number of aryl methyl sites for hydroxylation is 1. The average molecular weight is 302 g/mol. The van der Waals surface area contributed by atoms with Crippen LogP contribution in [0.25, 0.3) is 11.0 Å². The number of fused-ring (bicyclic) bond motifs is 1. The van der Waals surface area contributed by atoms with Crippen LogP contribution in [0.1, 0.15) is 24.4 Å². The van der Waals surface area contributed by atoms with Crippen LogP contribution in [0.4, 0.5) is 8.78 Å². The molecule has 0 spiro atoms. The highest BCUT2D eigenvalue weighted by atomic mass is 19.3. The molecule has 5 heteroatoms. The van der Waals surface area contributed by atoms with E-state index in [2.05, 4.69) is 9.72 Å². The van der Waals surface area contributed by atoms with E-state index in [-0.39, 0.29) is 11.8 Å². The highest BCUT2D eigenvalue weighted by molar-refractivity contribution is 5.76. The SMILES string of the molecule is Cc1nc2ccccc2n1[C@H](C)c1ccccc1OC(F)F. The molecular formula is C17H16F2N2O. The van der Waals surface area contributed by atoms with E-state index in [0.717, 1.165) is 16.9 Å². The van der Waals surface area contributed by atoms with Crippen molar-refractivity contribution in [3.05, 3.63) is 59.9 Å². The molecule has 0 radical (unpaired) electrons. The largest absolute Gasteiger partial charge is 0.434 e. The van der Waals surface area contributed by atoms with Crippen LogP contribution in [0, 0.1) is 6.92 Å². The second-order valence-corrected chi connectivity index (χ2v) is 5.11. The number of benzene rings is 2. The van der Waals surface area contributed by atoms with Crippen molar-refractivity contribution in [1.29, 1.82) is 0 Å². The van der Waals surface area contributed by atoms with Crippen LogP contribution in [0.2, 0.25) is 0 Å². The van der Waals surface area contributed by atoms with Crippen molar-refractivity contribution < 1.29 is 13.5 Å². The van der Waals surface area contributed by atoms with Gasteiger partial charge in [-0.15, -0.1) is 0 Å². The third kappa shape index (κ3) is 2.54. The number of imidazole rings is 1. The number of alkyl halides is 2. The Morgan fingerprint density at radius 1 is 1.05 bits per heavy atom. The molecule has 3 rings (SSSR count). The van der Waals surface area contributed by atoms with Gasteiger partial charge < -0.3 is 9.30 Å². The molecule has 22 heavy (non-hydrogen) atoms. The highest BCUT2D eigenvalue weighted by Crippen LogP contribution is 2.32. The van der Waals surface area contributed by atoms with E-state index in [1.165, 1.54) is 0 Å². The van der Waals surface area contributed by atoms with Gasteiger partial charge in [0.05, 0.1) is 17.1 Å². The molecule has 2 aromatic carbocycles. The molecule has 0 N–H and O–H groups in total. The normalized spacial score (nSPS) is 12.8. The molecule has 0 saturated carbocycles. The molecule has 0 aliphatic carbocycles. The lowest BCUT2D eigenvalue weighted by atomic mass is 10.1. The van der Waals surface area contributed by atoms with Crippen LogP contribution in [-0.2, 0) is 0 Å². The summed E-state index contributed by atoms with van der Waals surface area (Å²) in [6, 6.07) is 14.5. The van der Waals surface area contributed by atoms with Gasteiger partial charge in [-0.05, 0) is 32.0 Å². The van der Waals surface area contributed by atoms with Crippen molar-refractivity contribution in [2.45, 2.75) is 26.5 Å². The topological polar surface area (TPSA) is 27.1 Å². The lowest BCUT2D eigenvalue weighted by molar-refractivity contribution is -0.0506. The zero-order valence-electron chi connectivity index (χ0n) is 12.3. The van der Waals surface area contributed by atoms with Gasteiger partial charge in [0.2, 0.25) is 0 Å². The molecular weight excluding hydrogens is 286 g/mol. The standard InChI is InChI=1S/C17H16F2N2O/c1-11(13-7-3-6-10-16(13)22-17(18)19)21-12(2)20-14-8-4-5-9-15(14)21/h3-11,17H,1-2H3/t11-/m1/s1. The third-order valence-corrected chi connectivity index (χ3v) is 3.74. The van der Waals surface area contributed by atoms with E-state index in [1.54, 1.807) is 18.2 Å². The highest BCUT2D eigenvalue weighted by Gasteiger charge is 2.19. The Kier molecular flexibility index (Phi) is 3.79. The number of hydrogen-bond acceptors (Lipinski definition) is 2. The molecule has 1 atom stereocenters. The Morgan fingerprint density at radius 2 is 1.73 bits per heavy atom. The molecule has 0 saturated heterocycles. The van der Waals surface area contributed by atoms with E-state index < -0.39 is 6.61 Å². The summed E-state index contributed by atoms with van der Waals surface area (Å²) in [5.41, 5.74) is 2.56. The summed E-state index contributed by atoms with van der Waals surface area (Å²) in [6.45, 7) is 1.02. The van der Waals surface area contributed by atoms with Gasteiger partial charge in [0, 0.05) is 5.56 Å². The van der Waals surface area contributed by atoms with Gasteiger partial charge in [0.1, 0.15) is 11.6 Å². The van der Waals surface area contributed by atoms with Crippen LogP contribution in [0.5, 0.6) is 5.75 Å². The maximum Gasteiger partial charge on any atom is 0.387 e. The maximum absolute atomic E-state index is 12.6. The Labute approximate surface area is 127 Å².